The van der Waals surface area contributed by atoms with Gasteiger partial charge < -0.3 is 10.6 Å². The van der Waals surface area contributed by atoms with Crippen LogP contribution in [0.4, 0.5) is 5.69 Å². The van der Waals surface area contributed by atoms with Crippen LogP contribution >= 0.6 is 0 Å². The standard InChI is InChI=1S/C17H12N2O2/c20-16-11-7-4-5-9-13(11)18-15(16)14-10-6-2-1-3-8-12(10)19-17(14)21/h1-7,9,18H,8H2,(H,19,21)/b15-14-. The van der Waals surface area contributed by atoms with Crippen LogP contribution in [-0.4, -0.2) is 11.7 Å². The number of hydrogen-bond acceptors (Lipinski definition) is 3. The van der Waals surface area contributed by atoms with Crippen LogP contribution in [-0.2, 0) is 4.79 Å². The number of allylic oxidation sites excluding steroid dienone is 5. The van der Waals surface area contributed by atoms with E-state index in [-0.39, 0.29) is 11.7 Å². The van der Waals surface area contributed by atoms with Crippen LogP contribution in [0, 0.1) is 0 Å². The molecule has 4 rings (SSSR count). The molecule has 0 unspecified atom stereocenters. The predicted octanol–water partition coefficient (Wildman–Crippen LogP) is 2.45. The lowest BCUT2D eigenvalue weighted by Gasteiger charge is -2.04. The van der Waals surface area contributed by atoms with Crippen molar-refractivity contribution in [1.82, 2.24) is 5.32 Å². The van der Waals surface area contributed by atoms with Gasteiger partial charge in [0.25, 0.3) is 5.91 Å². The smallest absolute Gasteiger partial charge is 0.258 e. The molecule has 0 radical (unpaired) electrons. The molecule has 2 N–H and O–H groups in total. The van der Waals surface area contributed by atoms with Gasteiger partial charge in [0.15, 0.2) is 0 Å². The Balaban J connectivity index is 1.88. The first-order valence-electron chi connectivity index (χ1n) is 6.79. The lowest BCUT2D eigenvalue weighted by Crippen LogP contribution is -2.19. The van der Waals surface area contributed by atoms with Crippen molar-refractivity contribution in [2.45, 2.75) is 6.42 Å². The zero-order valence-corrected chi connectivity index (χ0v) is 11.1. The molecule has 1 aromatic rings. The molecule has 0 saturated heterocycles. The number of benzene rings is 1. The van der Waals surface area contributed by atoms with Gasteiger partial charge in [-0.1, -0.05) is 36.4 Å². The molecule has 0 atom stereocenters. The minimum absolute atomic E-state index is 0.130. The van der Waals surface area contributed by atoms with Crippen LogP contribution in [0.25, 0.3) is 0 Å². The molecule has 1 amide bonds. The molecule has 0 saturated carbocycles. The molecule has 4 heteroatoms. The van der Waals surface area contributed by atoms with E-state index in [0.29, 0.717) is 23.3 Å². The zero-order valence-electron chi connectivity index (χ0n) is 11.1. The first-order valence-corrected chi connectivity index (χ1v) is 6.79. The molecule has 1 aliphatic carbocycles. The molecule has 3 aliphatic rings. The number of anilines is 1. The van der Waals surface area contributed by atoms with Crippen LogP contribution in [0.15, 0.2) is 71.1 Å². The molecular weight excluding hydrogens is 264 g/mol. The van der Waals surface area contributed by atoms with Crippen molar-refractivity contribution in [3.05, 3.63) is 76.7 Å². The second-order valence-corrected chi connectivity index (χ2v) is 5.09. The summed E-state index contributed by atoms with van der Waals surface area (Å²) in [6.07, 6.45) is 8.33. The maximum Gasteiger partial charge on any atom is 0.258 e. The molecule has 102 valence electrons. The van der Waals surface area contributed by atoms with Crippen molar-refractivity contribution in [3.8, 4) is 0 Å². The summed E-state index contributed by atoms with van der Waals surface area (Å²) < 4.78 is 0. The molecule has 4 nitrogen and oxygen atoms in total. The van der Waals surface area contributed by atoms with Gasteiger partial charge in [0.1, 0.15) is 5.70 Å². The fourth-order valence-corrected chi connectivity index (χ4v) is 2.84. The molecule has 2 heterocycles. The highest BCUT2D eigenvalue weighted by Gasteiger charge is 2.35. The number of amides is 1. The van der Waals surface area contributed by atoms with Gasteiger partial charge in [-0.25, -0.2) is 0 Å². The lowest BCUT2D eigenvalue weighted by molar-refractivity contribution is -0.116. The van der Waals surface area contributed by atoms with Crippen molar-refractivity contribution in [2.24, 2.45) is 0 Å². The Hall–Kier alpha value is -2.88. The summed E-state index contributed by atoms with van der Waals surface area (Å²) in [4.78, 5) is 24.8. The first-order chi connectivity index (χ1) is 10.3. The van der Waals surface area contributed by atoms with E-state index in [1.54, 1.807) is 6.07 Å². The summed E-state index contributed by atoms with van der Waals surface area (Å²) in [5.41, 5.74) is 3.81. The van der Waals surface area contributed by atoms with Gasteiger partial charge in [-0.3, -0.25) is 9.59 Å². The van der Waals surface area contributed by atoms with E-state index in [4.69, 9.17) is 0 Å². The van der Waals surface area contributed by atoms with Crippen LogP contribution < -0.4 is 10.6 Å². The molecular formula is C17H12N2O2. The average molecular weight is 276 g/mol. The second-order valence-electron chi connectivity index (χ2n) is 5.09. The molecule has 0 aromatic heterocycles. The third-order valence-electron chi connectivity index (χ3n) is 3.83. The summed E-state index contributed by atoms with van der Waals surface area (Å²) in [6.45, 7) is 0. The van der Waals surface area contributed by atoms with Crippen molar-refractivity contribution >= 4 is 17.4 Å². The van der Waals surface area contributed by atoms with E-state index >= 15 is 0 Å². The van der Waals surface area contributed by atoms with Crippen LogP contribution in [0.2, 0.25) is 0 Å². The summed E-state index contributed by atoms with van der Waals surface area (Å²) >= 11 is 0. The fraction of sp³-hybridized carbons (Fsp3) is 0.0588. The van der Waals surface area contributed by atoms with Crippen LogP contribution in [0.1, 0.15) is 16.8 Å². The maximum absolute atomic E-state index is 12.5. The number of ketones is 1. The maximum atomic E-state index is 12.5. The van der Waals surface area contributed by atoms with E-state index < -0.39 is 0 Å². The number of fused-ring (bicyclic) bond motifs is 1. The van der Waals surface area contributed by atoms with Crippen molar-refractivity contribution in [2.75, 3.05) is 5.32 Å². The third-order valence-corrected chi connectivity index (χ3v) is 3.83. The summed E-state index contributed by atoms with van der Waals surface area (Å²) in [7, 11) is 0. The van der Waals surface area contributed by atoms with Gasteiger partial charge in [-0.2, -0.15) is 0 Å². The molecule has 0 spiro atoms. The van der Waals surface area contributed by atoms with E-state index in [0.717, 1.165) is 17.0 Å². The summed E-state index contributed by atoms with van der Waals surface area (Å²) in [5, 5.41) is 5.95. The van der Waals surface area contributed by atoms with Gasteiger partial charge >= 0.3 is 0 Å². The minimum Gasteiger partial charge on any atom is -0.351 e. The van der Waals surface area contributed by atoms with Gasteiger partial charge in [0.05, 0.1) is 5.57 Å². The molecule has 0 fully saturated rings. The number of Topliss-reactive ketones (excluding diaryl/α,β-unsaturated/α-hetero) is 1. The number of rotatable bonds is 0. The highest BCUT2D eigenvalue weighted by molar-refractivity contribution is 6.23. The van der Waals surface area contributed by atoms with Crippen molar-refractivity contribution in [3.63, 3.8) is 0 Å². The van der Waals surface area contributed by atoms with Gasteiger partial charge in [0, 0.05) is 28.9 Å². The Morgan fingerprint density at radius 1 is 1.00 bits per heavy atom. The second kappa shape index (κ2) is 4.31. The fourth-order valence-electron chi connectivity index (χ4n) is 2.84. The number of nitrogens with one attached hydrogen (secondary N) is 2. The monoisotopic (exact) mass is 276 g/mol. The first kappa shape index (κ1) is 11.9. The molecule has 21 heavy (non-hydrogen) atoms. The average Bonchev–Trinajstić information content (AvgIpc) is 2.86. The summed E-state index contributed by atoms with van der Waals surface area (Å²) in [6, 6.07) is 7.29. The Morgan fingerprint density at radius 3 is 2.71 bits per heavy atom. The SMILES string of the molecule is O=C1NC2=C(C=CC=CC2)/C1=C1/Nc2ccccc2C1=O. The normalized spacial score (nSPS) is 22.9. The largest absolute Gasteiger partial charge is 0.351 e. The van der Waals surface area contributed by atoms with E-state index in [1.165, 1.54) is 0 Å². The molecule has 2 aliphatic heterocycles. The predicted molar refractivity (Wildman–Crippen MR) is 79.5 cm³/mol. The number of carbonyl (C=O) groups excluding carboxylic acids is 2. The third kappa shape index (κ3) is 1.69. The highest BCUT2D eigenvalue weighted by Crippen LogP contribution is 2.35. The lowest BCUT2D eigenvalue weighted by atomic mass is 10.0. The Kier molecular flexibility index (Phi) is 2.44. The van der Waals surface area contributed by atoms with Gasteiger partial charge in [0.2, 0.25) is 5.78 Å². The quantitative estimate of drug-likeness (QED) is 0.716. The minimum atomic E-state index is -0.219. The van der Waals surface area contributed by atoms with Gasteiger partial charge in [-0.05, 0) is 12.1 Å². The molecule has 0 bridgehead atoms. The van der Waals surface area contributed by atoms with Crippen LogP contribution in [0.5, 0.6) is 0 Å². The van der Waals surface area contributed by atoms with Crippen molar-refractivity contribution < 1.29 is 9.59 Å². The topological polar surface area (TPSA) is 58.2 Å². The summed E-state index contributed by atoms with van der Waals surface area (Å²) in [5.74, 6) is -0.348. The Morgan fingerprint density at radius 2 is 1.86 bits per heavy atom. The molecule has 1 aromatic carbocycles. The highest BCUT2D eigenvalue weighted by atomic mass is 16.2. The van der Waals surface area contributed by atoms with Crippen molar-refractivity contribution in [1.29, 1.82) is 0 Å². The van der Waals surface area contributed by atoms with E-state index in [2.05, 4.69) is 10.6 Å². The number of para-hydroxylation sites is 1. The number of carbonyl (C=O) groups is 2. The van der Waals surface area contributed by atoms with E-state index in [1.807, 2.05) is 42.5 Å². The Labute approximate surface area is 121 Å². The Bertz CT molecular complexity index is 810. The van der Waals surface area contributed by atoms with E-state index in [9.17, 15) is 9.59 Å². The number of hydrogen-bond donors (Lipinski definition) is 2. The zero-order chi connectivity index (χ0) is 14.4. The van der Waals surface area contributed by atoms with Crippen LogP contribution in [0.3, 0.4) is 0 Å². The van der Waals surface area contributed by atoms with Gasteiger partial charge in [-0.15, -0.1) is 0 Å².